The Balaban J connectivity index is 2.31. The fourth-order valence-electron chi connectivity index (χ4n) is 1.83. The Morgan fingerprint density at radius 1 is 1.19 bits per heavy atom. The van der Waals surface area contributed by atoms with Crippen molar-refractivity contribution in [1.82, 2.24) is 0 Å². The molecule has 0 fully saturated rings. The molecule has 0 aliphatic heterocycles. The van der Waals surface area contributed by atoms with E-state index in [4.69, 9.17) is 15.2 Å². The van der Waals surface area contributed by atoms with Crippen molar-refractivity contribution in [2.75, 3.05) is 25.3 Å². The van der Waals surface area contributed by atoms with Gasteiger partial charge in [-0.05, 0) is 40.2 Å². The molecule has 21 heavy (non-hydrogen) atoms. The van der Waals surface area contributed by atoms with Gasteiger partial charge in [-0.1, -0.05) is 6.07 Å². The predicted molar refractivity (Wildman–Crippen MR) is 86.1 cm³/mol. The van der Waals surface area contributed by atoms with Gasteiger partial charge in [-0.3, -0.25) is 4.79 Å². The van der Waals surface area contributed by atoms with Crippen LogP contribution in [0.15, 0.2) is 40.9 Å². The zero-order valence-electron chi connectivity index (χ0n) is 11.6. The van der Waals surface area contributed by atoms with Crippen molar-refractivity contribution in [2.45, 2.75) is 0 Å². The lowest BCUT2D eigenvalue weighted by atomic mass is 10.2. The fraction of sp³-hybridized carbons (Fsp3) is 0.133. The normalized spacial score (nSPS) is 10.0. The summed E-state index contributed by atoms with van der Waals surface area (Å²) in [5.74, 6) is 0.835. The average Bonchev–Trinajstić information content (AvgIpc) is 2.49. The van der Waals surface area contributed by atoms with Gasteiger partial charge in [0.25, 0.3) is 5.91 Å². The van der Waals surface area contributed by atoms with Gasteiger partial charge in [0.1, 0.15) is 11.5 Å². The third kappa shape index (κ3) is 3.46. The first-order valence-electron chi connectivity index (χ1n) is 6.13. The summed E-state index contributed by atoms with van der Waals surface area (Å²) >= 11 is 3.37. The van der Waals surface area contributed by atoms with Crippen LogP contribution in [0.4, 0.5) is 11.4 Å². The lowest BCUT2D eigenvalue weighted by Gasteiger charge is -2.13. The molecular formula is C15H15BrN2O3. The summed E-state index contributed by atoms with van der Waals surface area (Å²) in [4.78, 5) is 12.3. The minimum absolute atomic E-state index is 0.266. The molecule has 0 aliphatic rings. The van der Waals surface area contributed by atoms with Gasteiger partial charge < -0.3 is 20.5 Å². The van der Waals surface area contributed by atoms with Crippen molar-refractivity contribution in [2.24, 2.45) is 0 Å². The summed E-state index contributed by atoms with van der Waals surface area (Å²) in [6.07, 6.45) is 0. The molecule has 0 atom stereocenters. The summed E-state index contributed by atoms with van der Waals surface area (Å²) in [6.45, 7) is 0. The number of carbonyl (C=O) groups is 1. The molecule has 0 saturated heterocycles. The molecule has 2 aromatic carbocycles. The van der Waals surface area contributed by atoms with Crippen molar-refractivity contribution >= 4 is 33.2 Å². The number of anilines is 2. The molecule has 0 aliphatic carbocycles. The van der Waals surface area contributed by atoms with Gasteiger partial charge in [-0.25, -0.2) is 0 Å². The minimum Gasteiger partial charge on any atom is -0.497 e. The van der Waals surface area contributed by atoms with Crippen molar-refractivity contribution in [1.29, 1.82) is 0 Å². The van der Waals surface area contributed by atoms with E-state index < -0.39 is 0 Å². The molecule has 1 amide bonds. The first-order valence-corrected chi connectivity index (χ1v) is 6.93. The topological polar surface area (TPSA) is 73.6 Å². The van der Waals surface area contributed by atoms with Gasteiger partial charge in [0, 0.05) is 21.8 Å². The van der Waals surface area contributed by atoms with Crippen molar-refractivity contribution in [3.8, 4) is 11.5 Å². The van der Waals surface area contributed by atoms with Crippen LogP contribution in [-0.2, 0) is 0 Å². The Morgan fingerprint density at radius 3 is 2.62 bits per heavy atom. The van der Waals surface area contributed by atoms with E-state index in [0.717, 1.165) is 0 Å². The number of amides is 1. The highest BCUT2D eigenvalue weighted by atomic mass is 79.9. The number of nitrogen functional groups attached to an aromatic ring is 1. The largest absolute Gasteiger partial charge is 0.497 e. The second kappa shape index (κ2) is 6.49. The monoisotopic (exact) mass is 350 g/mol. The SMILES string of the molecule is COc1cccc(C(=O)Nc2c(Br)cc(N)cc2OC)c1. The number of halogens is 1. The van der Waals surface area contributed by atoms with Gasteiger partial charge in [0.05, 0.1) is 19.9 Å². The molecule has 2 aromatic rings. The molecule has 0 bridgehead atoms. The summed E-state index contributed by atoms with van der Waals surface area (Å²) in [7, 11) is 3.07. The molecule has 0 spiro atoms. The van der Waals surface area contributed by atoms with Crippen LogP contribution in [0.3, 0.4) is 0 Å². The smallest absolute Gasteiger partial charge is 0.255 e. The molecule has 0 radical (unpaired) electrons. The molecule has 6 heteroatoms. The van der Waals surface area contributed by atoms with Crippen LogP contribution in [0.25, 0.3) is 0 Å². The fourth-order valence-corrected chi connectivity index (χ4v) is 2.39. The van der Waals surface area contributed by atoms with E-state index in [1.807, 2.05) is 0 Å². The van der Waals surface area contributed by atoms with E-state index in [1.165, 1.54) is 7.11 Å². The van der Waals surface area contributed by atoms with Crippen LogP contribution in [0.2, 0.25) is 0 Å². The minimum atomic E-state index is -0.266. The highest BCUT2D eigenvalue weighted by Gasteiger charge is 2.14. The summed E-state index contributed by atoms with van der Waals surface area (Å²) in [5, 5.41) is 2.80. The Labute approximate surface area is 131 Å². The Hall–Kier alpha value is -2.21. The maximum absolute atomic E-state index is 12.3. The van der Waals surface area contributed by atoms with Crippen molar-refractivity contribution < 1.29 is 14.3 Å². The van der Waals surface area contributed by atoms with Crippen LogP contribution in [0.5, 0.6) is 11.5 Å². The second-order valence-corrected chi connectivity index (χ2v) is 5.12. The molecule has 0 saturated carbocycles. The average molecular weight is 351 g/mol. The molecule has 5 nitrogen and oxygen atoms in total. The number of nitrogens with one attached hydrogen (secondary N) is 1. The molecule has 0 unspecified atom stereocenters. The predicted octanol–water partition coefficient (Wildman–Crippen LogP) is 3.30. The van der Waals surface area contributed by atoms with Crippen LogP contribution >= 0.6 is 15.9 Å². The Bertz CT molecular complexity index is 674. The van der Waals surface area contributed by atoms with E-state index in [0.29, 0.717) is 32.9 Å². The highest BCUT2D eigenvalue weighted by Crippen LogP contribution is 2.35. The van der Waals surface area contributed by atoms with Gasteiger partial charge in [0.2, 0.25) is 0 Å². The zero-order chi connectivity index (χ0) is 15.4. The number of rotatable bonds is 4. The third-order valence-electron chi connectivity index (χ3n) is 2.87. The number of nitrogens with two attached hydrogens (primary N) is 1. The van der Waals surface area contributed by atoms with E-state index in [-0.39, 0.29) is 5.91 Å². The number of hydrogen-bond acceptors (Lipinski definition) is 4. The van der Waals surface area contributed by atoms with Crippen LogP contribution < -0.4 is 20.5 Å². The maximum Gasteiger partial charge on any atom is 0.255 e. The summed E-state index contributed by atoms with van der Waals surface area (Å²) in [6, 6.07) is 10.2. The van der Waals surface area contributed by atoms with E-state index in [1.54, 1.807) is 43.5 Å². The first kappa shape index (κ1) is 15.2. The third-order valence-corrected chi connectivity index (χ3v) is 3.49. The van der Waals surface area contributed by atoms with E-state index >= 15 is 0 Å². The number of benzene rings is 2. The number of hydrogen-bond donors (Lipinski definition) is 2. The quantitative estimate of drug-likeness (QED) is 0.829. The molecule has 110 valence electrons. The summed E-state index contributed by atoms with van der Waals surface area (Å²) < 4.78 is 11.0. The van der Waals surface area contributed by atoms with Gasteiger partial charge in [0.15, 0.2) is 0 Å². The lowest BCUT2D eigenvalue weighted by molar-refractivity contribution is 0.102. The van der Waals surface area contributed by atoms with Gasteiger partial charge in [-0.15, -0.1) is 0 Å². The van der Waals surface area contributed by atoms with Crippen molar-refractivity contribution in [3.63, 3.8) is 0 Å². The van der Waals surface area contributed by atoms with Crippen LogP contribution in [0, 0.1) is 0 Å². The lowest BCUT2D eigenvalue weighted by Crippen LogP contribution is -2.13. The first-order chi connectivity index (χ1) is 10.0. The molecule has 3 N–H and O–H groups in total. The molecule has 0 aromatic heterocycles. The standard InChI is InChI=1S/C15H15BrN2O3/c1-20-11-5-3-4-9(6-11)15(19)18-14-12(16)7-10(17)8-13(14)21-2/h3-8H,17H2,1-2H3,(H,18,19). The number of methoxy groups -OCH3 is 2. The molecule has 0 heterocycles. The zero-order valence-corrected chi connectivity index (χ0v) is 13.2. The number of ether oxygens (including phenoxy) is 2. The Kier molecular flexibility index (Phi) is 4.70. The van der Waals surface area contributed by atoms with Crippen LogP contribution in [0.1, 0.15) is 10.4 Å². The highest BCUT2D eigenvalue weighted by molar-refractivity contribution is 9.10. The summed E-state index contributed by atoms with van der Waals surface area (Å²) in [5.41, 5.74) is 7.30. The number of carbonyl (C=O) groups excluding carboxylic acids is 1. The van der Waals surface area contributed by atoms with Crippen molar-refractivity contribution in [3.05, 3.63) is 46.4 Å². The van der Waals surface area contributed by atoms with Gasteiger partial charge >= 0.3 is 0 Å². The van der Waals surface area contributed by atoms with E-state index in [9.17, 15) is 4.79 Å². The second-order valence-electron chi connectivity index (χ2n) is 4.27. The van der Waals surface area contributed by atoms with E-state index in [2.05, 4.69) is 21.2 Å². The van der Waals surface area contributed by atoms with Gasteiger partial charge in [-0.2, -0.15) is 0 Å². The maximum atomic E-state index is 12.3. The molecule has 2 rings (SSSR count). The Morgan fingerprint density at radius 2 is 1.95 bits per heavy atom. The molecular weight excluding hydrogens is 336 g/mol. The van der Waals surface area contributed by atoms with Crippen LogP contribution in [-0.4, -0.2) is 20.1 Å².